The predicted molar refractivity (Wildman–Crippen MR) is 115 cm³/mol. The number of nitrogens with zero attached hydrogens (tertiary/aromatic N) is 1. The standard InChI is InChI=1S/C23H20BrFN2O3/c1-30-23(29)21-19(13-5-7-14(24)8-6-13)20-17(3-2-4-18(20)28)27(22(21)26)16-11-9-15(25)10-12-16/h5-12,19H,2-4,26H2,1H3. The summed E-state index contributed by atoms with van der Waals surface area (Å²) in [6.45, 7) is 0. The maximum atomic E-state index is 13.5. The molecule has 0 bridgehead atoms. The number of esters is 1. The normalized spacial score (nSPS) is 19.1. The molecule has 5 nitrogen and oxygen atoms in total. The summed E-state index contributed by atoms with van der Waals surface area (Å²) < 4.78 is 19.4. The highest BCUT2D eigenvalue weighted by Gasteiger charge is 2.42. The Morgan fingerprint density at radius 3 is 2.43 bits per heavy atom. The molecule has 0 fully saturated rings. The number of ether oxygens (including phenoxy) is 1. The fraction of sp³-hybridized carbons (Fsp3) is 0.217. The summed E-state index contributed by atoms with van der Waals surface area (Å²) in [6, 6.07) is 13.3. The van der Waals surface area contributed by atoms with Gasteiger partial charge < -0.3 is 10.5 Å². The molecular weight excluding hydrogens is 451 g/mol. The van der Waals surface area contributed by atoms with Gasteiger partial charge in [-0.3, -0.25) is 9.69 Å². The van der Waals surface area contributed by atoms with E-state index in [0.29, 0.717) is 30.5 Å². The molecule has 1 unspecified atom stereocenters. The largest absolute Gasteiger partial charge is 0.466 e. The second-order valence-corrected chi connectivity index (χ2v) is 8.14. The number of ketones is 1. The third-order valence-electron chi connectivity index (χ3n) is 5.49. The second-order valence-electron chi connectivity index (χ2n) is 7.22. The molecule has 4 rings (SSSR count). The van der Waals surface area contributed by atoms with Gasteiger partial charge in [0.25, 0.3) is 0 Å². The van der Waals surface area contributed by atoms with Crippen LogP contribution in [-0.4, -0.2) is 18.9 Å². The smallest absolute Gasteiger partial charge is 0.338 e. The molecule has 2 N–H and O–H groups in total. The number of hydrogen-bond donors (Lipinski definition) is 1. The Morgan fingerprint density at radius 2 is 1.80 bits per heavy atom. The van der Waals surface area contributed by atoms with E-state index >= 15 is 0 Å². The molecule has 0 spiro atoms. The predicted octanol–water partition coefficient (Wildman–Crippen LogP) is 4.54. The molecule has 0 amide bonds. The van der Waals surface area contributed by atoms with E-state index in [1.807, 2.05) is 24.3 Å². The van der Waals surface area contributed by atoms with Crippen LogP contribution in [0.2, 0.25) is 0 Å². The quantitative estimate of drug-likeness (QED) is 0.666. The first-order chi connectivity index (χ1) is 14.4. The van der Waals surface area contributed by atoms with Crippen LogP contribution in [0.15, 0.2) is 75.7 Å². The number of anilines is 1. The molecule has 0 aromatic heterocycles. The molecule has 0 radical (unpaired) electrons. The first kappa shape index (κ1) is 20.3. The summed E-state index contributed by atoms with van der Waals surface area (Å²) in [4.78, 5) is 27.6. The minimum Gasteiger partial charge on any atom is -0.466 e. The van der Waals surface area contributed by atoms with Crippen LogP contribution in [0.4, 0.5) is 10.1 Å². The Hall–Kier alpha value is -2.93. The van der Waals surface area contributed by atoms with Crippen LogP contribution in [0.25, 0.3) is 0 Å². The fourth-order valence-corrected chi connectivity index (χ4v) is 4.43. The number of benzene rings is 2. The molecule has 2 aromatic carbocycles. The molecule has 1 atom stereocenters. The van der Waals surface area contributed by atoms with Crippen LogP contribution < -0.4 is 10.6 Å². The molecule has 0 saturated carbocycles. The highest BCUT2D eigenvalue weighted by atomic mass is 79.9. The van der Waals surface area contributed by atoms with E-state index in [0.717, 1.165) is 15.7 Å². The molecule has 154 valence electrons. The molecular formula is C23H20BrFN2O3. The number of hydrogen-bond acceptors (Lipinski definition) is 5. The topological polar surface area (TPSA) is 72.6 Å². The van der Waals surface area contributed by atoms with Crippen molar-refractivity contribution in [1.82, 2.24) is 0 Å². The van der Waals surface area contributed by atoms with Crippen LogP contribution in [0.1, 0.15) is 30.7 Å². The Kier molecular flexibility index (Phi) is 5.47. The molecule has 2 aromatic rings. The lowest BCUT2D eigenvalue weighted by atomic mass is 9.75. The zero-order valence-corrected chi connectivity index (χ0v) is 17.9. The van der Waals surface area contributed by atoms with Gasteiger partial charge in [0.05, 0.1) is 18.6 Å². The summed E-state index contributed by atoms with van der Waals surface area (Å²) >= 11 is 3.42. The molecule has 30 heavy (non-hydrogen) atoms. The minimum atomic E-state index is -0.620. The van der Waals surface area contributed by atoms with Crippen LogP contribution in [0, 0.1) is 5.82 Å². The van der Waals surface area contributed by atoms with Gasteiger partial charge in [-0.2, -0.15) is 0 Å². The van der Waals surface area contributed by atoms with Crippen molar-refractivity contribution in [2.75, 3.05) is 12.0 Å². The highest BCUT2D eigenvalue weighted by Crippen LogP contribution is 2.46. The molecule has 1 aliphatic carbocycles. The van der Waals surface area contributed by atoms with Crippen LogP contribution in [-0.2, 0) is 14.3 Å². The van der Waals surface area contributed by atoms with Gasteiger partial charge in [0.15, 0.2) is 5.78 Å². The Balaban J connectivity index is 1.99. The van der Waals surface area contributed by atoms with E-state index in [-0.39, 0.29) is 23.0 Å². The Bertz CT molecular complexity index is 1070. The minimum absolute atomic E-state index is 0.0230. The van der Waals surface area contributed by atoms with Crippen molar-refractivity contribution >= 4 is 33.4 Å². The first-order valence-corrected chi connectivity index (χ1v) is 10.4. The van der Waals surface area contributed by atoms with Crippen molar-refractivity contribution in [2.45, 2.75) is 25.2 Å². The van der Waals surface area contributed by atoms with Gasteiger partial charge in [-0.1, -0.05) is 28.1 Å². The molecule has 1 aliphatic heterocycles. The SMILES string of the molecule is COC(=O)C1=C(N)N(c2ccc(F)cc2)C2=C(C(=O)CCC2)C1c1ccc(Br)cc1. The number of methoxy groups -OCH3 is 1. The maximum absolute atomic E-state index is 13.5. The van der Waals surface area contributed by atoms with Gasteiger partial charge in [0.2, 0.25) is 0 Å². The number of rotatable bonds is 3. The molecule has 1 heterocycles. The van der Waals surface area contributed by atoms with E-state index in [4.69, 9.17) is 10.5 Å². The Morgan fingerprint density at radius 1 is 1.13 bits per heavy atom. The highest BCUT2D eigenvalue weighted by molar-refractivity contribution is 9.10. The summed E-state index contributed by atoms with van der Waals surface area (Å²) in [7, 11) is 1.29. The summed E-state index contributed by atoms with van der Waals surface area (Å²) in [5, 5.41) is 0. The van der Waals surface area contributed by atoms with Crippen molar-refractivity contribution < 1.29 is 18.7 Å². The lowest BCUT2D eigenvalue weighted by molar-refractivity contribution is -0.136. The number of nitrogens with two attached hydrogens (primary N) is 1. The van der Waals surface area contributed by atoms with Gasteiger partial charge in [0.1, 0.15) is 11.6 Å². The van der Waals surface area contributed by atoms with Gasteiger partial charge in [-0.15, -0.1) is 0 Å². The zero-order chi connectivity index (χ0) is 21.4. The van der Waals surface area contributed by atoms with Gasteiger partial charge in [0, 0.05) is 27.9 Å². The van der Waals surface area contributed by atoms with E-state index in [1.54, 1.807) is 17.0 Å². The fourth-order valence-electron chi connectivity index (χ4n) is 4.17. The van der Waals surface area contributed by atoms with Crippen molar-refractivity contribution in [3.63, 3.8) is 0 Å². The van der Waals surface area contributed by atoms with Gasteiger partial charge >= 0.3 is 5.97 Å². The van der Waals surface area contributed by atoms with E-state index in [2.05, 4.69) is 15.9 Å². The number of allylic oxidation sites excluding steroid dienone is 2. The van der Waals surface area contributed by atoms with E-state index in [1.165, 1.54) is 19.2 Å². The van der Waals surface area contributed by atoms with Crippen molar-refractivity contribution in [3.8, 4) is 0 Å². The maximum Gasteiger partial charge on any atom is 0.338 e. The van der Waals surface area contributed by atoms with Gasteiger partial charge in [-0.05, 0) is 54.8 Å². The summed E-state index contributed by atoms with van der Waals surface area (Å²) in [5.74, 6) is -1.43. The first-order valence-electron chi connectivity index (χ1n) is 9.57. The van der Waals surface area contributed by atoms with Crippen molar-refractivity contribution in [3.05, 3.63) is 87.0 Å². The zero-order valence-electron chi connectivity index (χ0n) is 16.3. The summed E-state index contributed by atoms with van der Waals surface area (Å²) in [6.07, 6.45) is 1.71. The Labute approximate surface area is 182 Å². The number of Topliss-reactive ketones (excluding diaryl/α,β-unsaturated/α-hetero) is 1. The van der Waals surface area contributed by atoms with Crippen LogP contribution >= 0.6 is 15.9 Å². The third kappa shape index (κ3) is 3.43. The van der Waals surface area contributed by atoms with E-state index < -0.39 is 11.9 Å². The number of carbonyl (C=O) groups excluding carboxylic acids is 2. The molecule has 7 heteroatoms. The van der Waals surface area contributed by atoms with Gasteiger partial charge in [-0.25, -0.2) is 9.18 Å². The lowest BCUT2D eigenvalue weighted by Gasteiger charge is -2.40. The molecule has 0 saturated heterocycles. The second kappa shape index (κ2) is 8.07. The van der Waals surface area contributed by atoms with Crippen molar-refractivity contribution in [2.24, 2.45) is 5.73 Å². The number of halogens is 2. The lowest BCUT2D eigenvalue weighted by Crippen LogP contribution is -2.40. The van der Waals surface area contributed by atoms with Crippen molar-refractivity contribution in [1.29, 1.82) is 0 Å². The third-order valence-corrected chi connectivity index (χ3v) is 6.01. The molecule has 2 aliphatic rings. The van der Waals surface area contributed by atoms with Crippen LogP contribution in [0.3, 0.4) is 0 Å². The van der Waals surface area contributed by atoms with Crippen LogP contribution in [0.5, 0.6) is 0 Å². The summed E-state index contributed by atoms with van der Waals surface area (Å²) in [5.41, 5.74) is 9.40. The van der Waals surface area contributed by atoms with E-state index in [9.17, 15) is 14.0 Å². The monoisotopic (exact) mass is 470 g/mol. The number of carbonyl (C=O) groups is 2. The average Bonchev–Trinajstić information content (AvgIpc) is 2.74. The average molecular weight is 471 g/mol.